The predicted molar refractivity (Wildman–Crippen MR) is 51.3 cm³/mol. The van der Waals surface area contributed by atoms with Crippen LogP contribution in [0.25, 0.3) is 5.69 Å². The van der Waals surface area contributed by atoms with E-state index in [1.807, 2.05) is 6.07 Å². The van der Waals surface area contributed by atoms with E-state index in [9.17, 15) is 0 Å². The van der Waals surface area contributed by atoms with Gasteiger partial charge in [-0.1, -0.05) is 5.21 Å². The molecule has 13 heavy (non-hydrogen) atoms. The monoisotopic (exact) mass is 239 g/mol. The fourth-order valence-corrected chi connectivity index (χ4v) is 1.28. The highest BCUT2D eigenvalue weighted by Gasteiger charge is 1.99. The lowest BCUT2D eigenvalue weighted by Gasteiger charge is -1.98. The zero-order valence-electron chi connectivity index (χ0n) is 6.55. The van der Waals surface area contributed by atoms with Gasteiger partial charge in [-0.15, -0.1) is 5.10 Å². The van der Waals surface area contributed by atoms with Gasteiger partial charge in [0.25, 0.3) is 0 Å². The summed E-state index contributed by atoms with van der Waals surface area (Å²) >= 11 is 3.31. The summed E-state index contributed by atoms with van der Waals surface area (Å²) in [6.45, 7) is 0. The van der Waals surface area contributed by atoms with Crippen molar-refractivity contribution in [1.82, 2.24) is 20.0 Å². The van der Waals surface area contributed by atoms with Crippen molar-refractivity contribution >= 4 is 21.7 Å². The van der Waals surface area contributed by atoms with E-state index in [4.69, 9.17) is 5.73 Å². The Balaban J connectivity index is 2.46. The van der Waals surface area contributed by atoms with Gasteiger partial charge in [-0.25, -0.2) is 4.68 Å². The third-order valence-electron chi connectivity index (χ3n) is 1.47. The molecule has 0 aliphatic heterocycles. The number of hydrogen-bond donors (Lipinski definition) is 1. The van der Waals surface area contributed by atoms with Crippen LogP contribution in [-0.4, -0.2) is 20.0 Å². The summed E-state index contributed by atoms with van der Waals surface area (Å²) in [5.74, 6) is 0.389. The Kier molecular flexibility index (Phi) is 1.97. The van der Waals surface area contributed by atoms with Crippen LogP contribution in [-0.2, 0) is 0 Å². The van der Waals surface area contributed by atoms with Gasteiger partial charge in [-0.05, 0) is 22.0 Å². The van der Waals surface area contributed by atoms with Gasteiger partial charge in [-0.3, -0.25) is 4.98 Å². The molecule has 0 fully saturated rings. The van der Waals surface area contributed by atoms with Crippen LogP contribution in [0, 0.1) is 0 Å². The van der Waals surface area contributed by atoms with Crippen molar-refractivity contribution in [3.05, 3.63) is 29.1 Å². The topological polar surface area (TPSA) is 69.6 Å². The Morgan fingerprint density at radius 2 is 2.23 bits per heavy atom. The number of halogens is 1. The molecular weight excluding hydrogens is 234 g/mol. The molecule has 0 amide bonds. The Labute approximate surface area is 82.7 Å². The van der Waals surface area contributed by atoms with Crippen LogP contribution in [0.2, 0.25) is 0 Å². The minimum Gasteiger partial charge on any atom is -0.381 e. The number of hydrogen-bond acceptors (Lipinski definition) is 4. The van der Waals surface area contributed by atoms with Gasteiger partial charge in [-0.2, -0.15) is 0 Å². The molecular formula is C7H6BrN5. The second-order valence-electron chi connectivity index (χ2n) is 2.45. The van der Waals surface area contributed by atoms with E-state index in [2.05, 4.69) is 31.2 Å². The van der Waals surface area contributed by atoms with Gasteiger partial charge in [0.15, 0.2) is 5.82 Å². The SMILES string of the molecule is Nc1cn(-c2cncc(Br)c2)nn1. The van der Waals surface area contributed by atoms with E-state index >= 15 is 0 Å². The fourth-order valence-electron chi connectivity index (χ4n) is 0.929. The fraction of sp³-hybridized carbons (Fsp3) is 0. The van der Waals surface area contributed by atoms with Gasteiger partial charge < -0.3 is 5.73 Å². The van der Waals surface area contributed by atoms with E-state index < -0.39 is 0 Å². The Bertz CT molecular complexity index is 424. The van der Waals surface area contributed by atoms with Crippen molar-refractivity contribution in [2.24, 2.45) is 0 Å². The van der Waals surface area contributed by atoms with Crippen LogP contribution in [0.3, 0.4) is 0 Å². The zero-order valence-corrected chi connectivity index (χ0v) is 8.14. The average Bonchev–Trinajstić information content (AvgIpc) is 2.52. The van der Waals surface area contributed by atoms with Gasteiger partial charge >= 0.3 is 0 Å². The number of nitrogens with two attached hydrogens (primary N) is 1. The number of aromatic nitrogens is 4. The first-order valence-corrected chi connectivity index (χ1v) is 4.34. The summed E-state index contributed by atoms with van der Waals surface area (Å²) in [6, 6.07) is 1.88. The van der Waals surface area contributed by atoms with E-state index in [1.54, 1.807) is 23.3 Å². The molecule has 2 aromatic rings. The number of rotatable bonds is 1. The van der Waals surface area contributed by atoms with Crippen molar-refractivity contribution in [3.63, 3.8) is 0 Å². The molecule has 0 aromatic carbocycles. The molecule has 0 aliphatic rings. The second-order valence-corrected chi connectivity index (χ2v) is 3.37. The molecule has 0 bridgehead atoms. The highest BCUT2D eigenvalue weighted by atomic mass is 79.9. The minimum atomic E-state index is 0.389. The van der Waals surface area contributed by atoms with Crippen LogP contribution in [0.1, 0.15) is 0 Å². The number of anilines is 1. The average molecular weight is 240 g/mol. The molecule has 66 valence electrons. The molecule has 0 saturated carbocycles. The second kappa shape index (κ2) is 3.14. The Hall–Kier alpha value is -1.43. The molecule has 2 N–H and O–H groups in total. The number of pyridine rings is 1. The largest absolute Gasteiger partial charge is 0.381 e. The van der Waals surface area contributed by atoms with Crippen LogP contribution >= 0.6 is 15.9 Å². The first kappa shape index (κ1) is 8.18. The molecule has 0 saturated heterocycles. The molecule has 0 atom stereocenters. The lowest BCUT2D eigenvalue weighted by molar-refractivity contribution is 0.799. The van der Waals surface area contributed by atoms with Crippen LogP contribution in [0.15, 0.2) is 29.1 Å². The van der Waals surface area contributed by atoms with Crippen LogP contribution in [0.5, 0.6) is 0 Å². The highest BCUT2D eigenvalue weighted by Crippen LogP contribution is 2.12. The smallest absolute Gasteiger partial charge is 0.166 e. The summed E-state index contributed by atoms with van der Waals surface area (Å²) in [5, 5.41) is 7.48. The summed E-state index contributed by atoms with van der Waals surface area (Å²) in [4.78, 5) is 3.99. The van der Waals surface area contributed by atoms with Gasteiger partial charge in [0.05, 0.1) is 18.1 Å². The van der Waals surface area contributed by atoms with Crippen molar-refractivity contribution in [2.45, 2.75) is 0 Å². The molecule has 2 heterocycles. The van der Waals surface area contributed by atoms with E-state index in [0.717, 1.165) is 10.2 Å². The predicted octanol–water partition coefficient (Wildman–Crippen LogP) is 1.01. The minimum absolute atomic E-state index is 0.389. The number of nitrogen functional groups attached to an aromatic ring is 1. The third kappa shape index (κ3) is 1.67. The standard InChI is InChI=1S/C7H6BrN5/c8-5-1-6(3-10-2-5)13-4-7(9)11-12-13/h1-4H,9H2. The van der Waals surface area contributed by atoms with Gasteiger partial charge in [0, 0.05) is 10.7 Å². The summed E-state index contributed by atoms with van der Waals surface area (Å²) in [7, 11) is 0. The molecule has 0 radical (unpaired) electrons. The summed E-state index contributed by atoms with van der Waals surface area (Å²) < 4.78 is 2.45. The summed E-state index contributed by atoms with van der Waals surface area (Å²) in [5.41, 5.74) is 6.25. The normalized spacial score (nSPS) is 10.2. The summed E-state index contributed by atoms with van der Waals surface area (Å²) in [6.07, 6.45) is 5.01. The lowest BCUT2D eigenvalue weighted by atomic mass is 10.4. The molecule has 5 nitrogen and oxygen atoms in total. The first-order valence-electron chi connectivity index (χ1n) is 3.54. The molecule has 0 unspecified atom stereocenters. The zero-order chi connectivity index (χ0) is 9.26. The quantitative estimate of drug-likeness (QED) is 0.807. The molecule has 2 aromatic heterocycles. The van der Waals surface area contributed by atoms with Gasteiger partial charge in [0.2, 0.25) is 0 Å². The van der Waals surface area contributed by atoms with E-state index in [0.29, 0.717) is 5.82 Å². The molecule has 6 heteroatoms. The van der Waals surface area contributed by atoms with Gasteiger partial charge in [0.1, 0.15) is 0 Å². The van der Waals surface area contributed by atoms with Crippen molar-refractivity contribution in [3.8, 4) is 5.69 Å². The van der Waals surface area contributed by atoms with Crippen molar-refractivity contribution < 1.29 is 0 Å². The maximum absolute atomic E-state index is 5.43. The molecule has 2 rings (SSSR count). The Morgan fingerprint density at radius 1 is 1.38 bits per heavy atom. The van der Waals surface area contributed by atoms with Crippen LogP contribution in [0.4, 0.5) is 5.82 Å². The van der Waals surface area contributed by atoms with E-state index in [1.165, 1.54) is 0 Å². The maximum Gasteiger partial charge on any atom is 0.166 e. The van der Waals surface area contributed by atoms with Crippen molar-refractivity contribution in [1.29, 1.82) is 0 Å². The van der Waals surface area contributed by atoms with E-state index in [-0.39, 0.29) is 0 Å². The molecule has 0 aliphatic carbocycles. The maximum atomic E-state index is 5.43. The third-order valence-corrected chi connectivity index (χ3v) is 1.90. The van der Waals surface area contributed by atoms with Crippen molar-refractivity contribution in [2.75, 3.05) is 5.73 Å². The lowest BCUT2D eigenvalue weighted by Crippen LogP contribution is -1.95. The van der Waals surface area contributed by atoms with Crippen LogP contribution < -0.4 is 5.73 Å². The first-order chi connectivity index (χ1) is 6.25. The highest BCUT2D eigenvalue weighted by molar-refractivity contribution is 9.10. The Morgan fingerprint density at radius 3 is 2.85 bits per heavy atom. The number of nitrogens with zero attached hydrogens (tertiary/aromatic N) is 4. The molecule has 0 spiro atoms.